The van der Waals surface area contributed by atoms with Crippen LogP contribution in [0.1, 0.15) is 5.56 Å². The van der Waals surface area contributed by atoms with E-state index in [0.717, 1.165) is 23.1 Å². The maximum atomic E-state index is 13.1. The van der Waals surface area contributed by atoms with Gasteiger partial charge < -0.3 is 9.84 Å². The van der Waals surface area contributed by atoms with E-state index in [1.54, 1.807) is 36.4 Å². The third kappa shape index (κ3) is 4.81. The van der Waals surface area contributed by atoms with E-state index < -0.39 is 32.6 Å². The normalized spacial score (nSPS) is 15.4. The number of hydrogen-bond acceptors (Lipinski definition) is 7. The van der Waals surface area contributed by atoms with Gasteiger partial charge in [0.2, 0.25) is 0 Å². The average molecular weight is 497 g/mol. The van der Waals surface area contributed by atoms with Gasteiger partial charge in [-0.25, -0.2) is 0 Å². The first kappa shape index (κ1) is 23.1. The van der Waals surface area contributed by atoms with Gasteiger partial charge in [-0.3, -0.25) is 24.4 Å². The van der Waals surface area contributed by atoms with Crippen molar-refractivity contribution in [1.82, 2.24) is 5.32 Å². The number of carbonyl (C=O) groups excluding carboxylic acids is 2. The second-order valence-corrected chi connectivity index (χ2v) is 8.85. The minimum absolute atomic E-state index is 0.0864. The maximum Gasteiger partial charge on any atom is 0.298 e. The summed E-state index contributed by atoms with van der Waals surface area (Å²) in [6.45, 7) is 0. The van der Waals surface area contributed by atoms with Crippen LogP contribution in [0.15, 0.2) is 83.3 Å². The van der Waals surface area contributed by atoms with E-state index >= 15 is 0 Å². The Morgan fingerprint density at radius 3 is 2.24 bits per heavy atom. The number of amides is 2. The topological polar surface area (TPSA) is 133 Å². The Kier molecular flexibility index (Phi) is 6.16. The monoisotopic (exact) mass is 496 g/mol. The summed E-state index contributed by atoms with van der Waals surface area (Å²) in [5.41, 5.74) is 0.124. The van der Waals surface area contributed by atoms with Gasteiger partial charge in [0, 0.05) is 0 Å². The first-order valence-corrected chi connectivity index (χ1v) is 11.5. The highest BCUT2D eigenvalue weighted by Gasteiger charge is 2.34. The van der Waals surface area contributed by atoms with Gasteiger partial charge >= 0.3 is 0 Å². The molecule has 1 saturated heterocycles. The zero-order valence-electron chi connectivity index (χ0n) is 17.2. The molecule has 0 saturated carbocycles. The molecule has 1 aliphatic heterocycles. The largest absolute Gasteiger partial charge is 0.506 e. The predicted molar refractivity (Wildman–Crippen MR) is 127 cm³/mol. The van der Waals surface area contributed by atoms with Gasteiger partial charge in [0.1, 0.15) is 27.7 Å². The van der Waals surface area contributed by atoms with Gasteiger partial charge in [0.15, 0.2) is 5.11 Å². The molecule has 0 aromatic heterocycles. The van der Waals surface area contributed by atoms with Crippen molar-refractivity contribution in [2.75, 3.05) is 4.90 Å². The molecule has 34 heavy (non-hydrogen) atoms. The Bertz CT molecular complexity index is 1430. The van der Waals surface area contributed by atoms with Crippen molar-refractivity contribution in [3.05, 3.63) is 83.9 Å². The molecule has 0 radical (unpaired) electrons. The van der Waals surface area contributed by atoms with Crippen molar-refractivity contribution in [2.24, 2.45) is 0 Å². The lowest BCUT2D eigenvalue weighted by molar-refractivity contribution is -0.122. The second-order valence-electron chi connectivity index (χ2n) is 7.07. The third-order valence-corrected chi connectivity index (χ3v) is 5.92. The quantitative estimate of drug-likeness (QED) is 0.212. The number of aromatic hydroxyl groups is 1. The first-order valence-electron chi connectivity index (χ1n) is 9.68. The number of carbonyl (C=O) groups is 2. The number of nitrogens with zero attached hydrogens (tertiary/aromatic N) is 1. The van der Waals surface area contributed by atoms with E-state index in [2.05, 4.69) is 5.32 Å². The summed E-state index contributed by atoms with van der Waals surface area (Å²) in [6.07, 6.45) is 1.13. The van der Waals surface area contributed by atoms with Crippen LogP contribution in [0.5, 0.6) is 17.2 Å². The fraction of sp³-hybridized carbons (Fsp3) is 0. The lowest BCUT2D eigenvalue weighted by atomic mass is 10.1. The molecule has 1 aliphatic rings. The van der Waals surface area contributed by atoms with Gasteiger partial charge in [0.25, 0.3) is 21.9 Å². The summed E-state index contributed by atoms with van der Waals surface area (Å²) < 4.78 is 37.9. The summed E-state index contributed by atoms with van der Waals surface area (Å²) in [7, 11) is -4.72. The van der Waals surface area contributed by atoms with E-state index in [9.17, 15) is 27.7 Å². The average Bonchev–Trinajstić information content (AvgIpc) is 2.78. The van der Waals surface area contributed by atoms with Crippen LogP contribution in [0, 0.1) is 0 Å². The molecule has 1 heterocycles. The molecule has 11 heteroatoms. The molecule has 3 aromatic rings. The Hall–Kier alpha value is -4.06. The first-order chi connectivity index (χ1) is 16.1. The highest BCUT2D eigenvalue weighted by molar-refractivity contribution is 7.86. The number of anilines is 1. The van der Waals surface area contributed by atoms with E-state index in [1.807, 2.05) is 18.2 Å². The highest BCUT2D eigenvalue weighted by Crippen LogP contribution is 2.28. The van der Waals surface area contributed by atoms with Crippen molar-refractivity contribution in [3.8, 4) is 17.2 Å². The molecule has 2 amide bonds. The summed E-state index contributed by atoms with van der Waals surface area (Å²) in [5, 5.41) is 12.0. The minimum atomic E-state index is -4.72. The second kappa shape index (κ2) is 9.06. The number of ether oxygens (including phenoxy) is 1. The van der Waals surface area contributed by atoms with Crippen LogP contribution in [0.2, 0.25) is 0 Å². The molecule has 3 aromatic carbocycles. The summed E-state index contributed by atoms with van der Waals surface area (Å²) in [5.74, 6) is -1.05. The van der Waals surface area contributed by atoms with E-state index in [4.69, 9.17) is 17.0 Å². The van der Waals surface area contributed by atoms with Crippen LogP contribution in [-0.2, 0) is 19.7 Å². The summed E-state index contributed by atoms with van der Waals surface area (Å²) >= 11 is 5.17. The Morgan fingerprint density at radius 1 is 0.941 bits per heavy atom. The molecule has 4 rings (SSSR count). The molecule has 1 fully saturated rings. The molecular weight excluding hydrogens is 480 g/mol. The Morgan fingerprint density at radius 2 is 1.59 bits per heavy atom. The molecule has 0 unspecified atom stereocenters. The van der Waals surface area contributed by atoms with Crippen molar-refractivity contribution in [3.63, 3.8) is 0 Å². The van der Waals surface area contributed by atoms with Crippen LogP contribution in [0.25, 0.3) is 6.08 Å². The number of phenolic OH excluding ortho intramolecular Hbond substituents is 1. The standard InChI is InChI=1S/C23H16N2O7S2/c26-19-11-6-14(13-20(19)34(29,30)31)12-18-21(27)24-23(33)25(22(18)28)15-7-9-17(10-8-15)32-16-4-2-1-3-5-16/h1-13,26H,(H,24,27,33)(H,29,30,31). The number of phenols is 1. The molecule has 0 bridgehead atoms. The molecular formula is C23H16N2O7S2. The van der Waals surface area contributed by atoms with Crippen molar-refractivity contribution >= 4 is 51.0 Å². The van der Waals surface area contributed by atoms with Gasteiger partial charge in [-0.2, -0.15) is 8.42 Å². The van der Waals surface area contributed by atoms with E-state index in [-0.39, 0.29) is 16.2 Å². The van der Waals surface area contributed by atoms with Gasteiger partial charge in [0.05, 0.1) is 5.69 Å². The lowest BCUT2D eigenvalue weighted by Gasteiger charge is -2.29. The molecule has 0 atom stereocenters. The molecule has 0 spiro atoms. The summed E-state index contributed by atoms with van der Waals surface area (Å²) in [6, 6.07) is 18.8. The Balaban J connectivity index is 1.64. The summed E-state index contributed by atoms with van der Waals surface area (Å²) in [4.78, 5) is 25.9. The SMILES string of the molecule is O=C1NC(=S)N(c2ccc(Oc3ccccc3)cc2)C(=O)C1=Cc1ccc(O)c(S(=O)(=O)O)c1. The number of thiocarbonyl (C=S) groups is 1. The van der Waals surface area contributed by atoms with Crippen molar-refractivity contribution < 1.29 is 32.4 Å². The fourth-order valence-electron chi connectivity index (χ4n) is 3.17. The smallest absolute Gasteiger partial charge is 0.298 e. The van der Waals surface area contributed by atoms with E-state index in [1.165, 1.54) is 6.07 Å². The zero-order valence-corrected chi connectivity index (χ0v) is 18.8. The highest BCUT2D eigenvalue weighted by atomic mass is 32.2. The third-order valence-electron chi connectivity index (χ3n) is 4.75. The molecule has 0 aliphatic carbocycles. The van der Waals surface area contributed by atoms with Crippen LogP contribution < -0.4 is 15.0 Å². The Labute approximate surface area is 199 Å². The lowest BCUT2D eigenvalue weighted by Crippen LogP contribution is -2.54. The predicted octanol–water partition coefficient (Wildman–Crippen LogP) is 3.26. The van der Waals surface area contributed by atoms with Crippen LogP contribution in [0.4, 0.5) is 5.69 Å². The van der Waals surface area contributed by atoms with Gasteiger partial charge in [-0.1, -0.05) is 24.3 Å². The fourth-order valence-corrected chi connectivity index (χ4v) is 4.07. The molecule has 3 N–H and O–H groups in total. The maximum absolute atomic E-state index is 13.1. The zero-order chi connectivity index (χ0) is 24.5. The van der Waals surface area contributed by atoms with Crippen LogP contribution in [-0.4, -0.2) is 35.0 Å². The van der Waals surface area contributed by atoms with Crippen LogP contribution in [0.3, 0.4) is 0 Å². The molecule has 9 nitrogen and oxygen atoms in total. The van der Waals surface area contributed by atoms with Gasteiger partial charge in [-0.05, 0) is 72.4 Å². The number of benzene rings is 3. The van der Waals surface area contributed by atoms with Gasteiger partial charge in [-0.15, -0.1) is 0 Å². The number of hydrogen-bond donors (Lipinski definition) is 3. The van der Waals surface area contributed by atoms with Crippen LogP contribution >= 0.6 is 12.2 Å². The van der Waals surface area contributed by atoms with Crippen molar-refractivity contribution in [2.45, 2.75) is 4.90 Å². The number of nitrogens with one attached hydrogen (secondary N) is 1. The van der Waals surface area contributed by atoms with E-state index in [0.29, 0.717) is 17.2 Å². The minimum Gasteiger partial charge on any atom is -0.506 e. The molecule has 172 valence electrons. The number of rotatable bonds is 5. The van der Waals surface area contributed by atoms with Crippen molar-refractivity contribution in [1.29, 1.82) is 0 Å². The number of para-hydroxylation sites is 1.